The van der Waals surface area contributed by atoms with Crippen molar-refractivity contribution < 1.29 is 27.1 Å². The molecule has 0 saturated heterocycles. The van der Waals surface area contributed by atoms with E-state index in [1.54, 1.807) is 23.9 Å². The number of carbonyl (C=O) groups is 1. The molecule has 0 aliphatic heterocycles. The lowest BCUT2D eigenvalue weighted by Crippen LogP contribution is -2.26. The molecular formula is C17H15F4NO2S. The Bertz CT molecular complexity index is 705. The van der Waals surface area contributed by atoms with Crippen LogP contribution < -0.4 is 10.1 Å². The van der Waals surface area contributed by atoms with Crippen LogP contribution in [0.5, 0.6) is 5.75 Å². The summed E-state index contributed by atoms with van der Waals surface area (Å²) in [7, 11) is 0. The fraction of sp³-hybridized carbons (Fsp3) is 0.235. The number of nitrogens with one attached hydrogen (secondary N) is 1. The quantitative estimate of drug-likeness (QED) is 0.578. The maximum Gasteiger partial charge on any atom is 0.573 e. The van der Waals surface area contributed by atoms with Gasteiger partial charge in [-0.05, 0) is 35.9 Å². The van der Waals surface area contributed by atoms with Gasteiger partial charge in [-0.15, -0.1) is 13.2 Å². The molecule has 0 heterocycles. The molecule has 2 aromatic rings. The van der Waals surface area contributed by atoms with E-state index in [0.717, 1.165) is 17.7 Å². The van der Waals surface area contributed by atoms with Gasteiger partial charge in [0, 0.05) is 23.6 Å². The summed E-state index contributed by atoms with van der Waals surface area (Å²) < 4.78 is 53.1. The Hall–Kier alpha value is -2.22. The summed E-state index contributed by atoms with van der Waals surface area (Å²) in [4.78, 5) is 11.9. The summed E-state index contributed by atoms with van der Waals surface area (Å²) in [5.41, 5.74) is 1.06. The highest BCUT2D eigenvalue weighted by atomic mass is 32.2. The van der Waals surface area contributed by atoms with E-state index < -0.39 is 18.0 Å². The lowest BCUT2D eigenvalue weighted by Gasteiger charge is -2.10. The van der Waals surface area contributed by atoms with Gasteiger partial charge >= 0.3 is 6.36 Å². The fourth-order valence-corrected chi connectivity index (χ4v) is 2.76. The van der Waals surface area contributed by atoms with Gasteiger partial charge in [0.15, 0.2) is 0 Å². The zero-order valence-electron chi connectivity index (χ0n) is 13.0. The predicted octanol–water partition coefficient (Wildman–Crippen LogP) is 4.39. The van der Waals surface area contributed by atoms with Crippen molar-refractivity contribution in [3.63, 3.8) is 0 Å². The first-order valence-electron chi connectivity index (χ1n) is 7.30. The highest BCUT2D eigenvalue weighted by molar-refractivity contribution is 7.98. The summed E-state index contributed by atoms with van der Waals surface area (Å²) in [6.45, 7) is 0.356. The van der Waals surface area contributed by atoms with Gasteiger partial charge in [0.25, 0.3) is 5.91 Å². The fourth-order valence-electron chi connectivity index (χ4n) is 1.94. The number of carbonyl (C=O) groups excluding carboxylic acids is 1. The SMILES string of the molecule is O=C(NCCSCc1ccc(F)cc1)c1cccc(OC(F)(F)F)c1. The number of ether oxygens (including phenoxy) is 1. The van der Waals surface area contributed by atoms with Crippen LogP contribution in [0.4, 0.5) is 17.6 Å². The third-order valence-electron chi connectivity index (χ3n) is 3.04. The van der Waals surface area contributed by atoms with E-state index >= 15 is 0 Å². The van der Waals surface area contributed by atoms with Crippen LogP contribution in [-0.4, -0.2) is 24.6 Å². The number of halogens is 4. The van der Waals surface area contributed by atoms with Crippen molar-refractivity contribution in [2.45, 2.75) is 12.1 Å². The van der Waals surface area contributed by atoms with Crippen molar-refractivity contribution in [1.29, 1.82) is 0 Å². The van der Waals surface area contributed by atoms with Crippen molar-refractivity contribution in [1.82, 2.24) is 5.32 Å². The number of alkyl halides is 3. The van der Waals surface area contributed by atoms with Crippen LogP contribution in [0.15, 0.2) is 48.5 Å². The summed E-state index contributed by atoms with van der Waals surface area (Å²) in [6, 6.07) is 11.0. The minimum atomic E-state index is -4.80. The minimum absolute atomic E-state index is 0.0882. The Kier molecular flexibility index (Phi) is 6.69. The maximum atomic E-state index is 12.8. The van der Waals surface area contributed by atoms with Gasteiger partial charge in [-0.3, -0.25) is 4.79 Å². The van der Waals surface area contributed by atoms with E-state index in [2.05, 4.69) is 10.1 Å². The largest absolute Gasteiger partial charge is 0.573 e. The van der Waals surface area contributed by atoms with Crippen LogP contribution in [0.1, 0.15) is 15.9 Å². The highest BCUT2D eigenvalue weighted by Crippen LogP contribution is 2.23. The third-order valence-corrected chi connectivity index (χ3v) is 4.07. The molecule has 0 aliphatic rings. The third kappa shape index (κ3) is 7.04. The Morgan fingerprint density at radius 3 is 2.52 bits per heavy atom. The van der Waals surface area contributed by atoms with Gasteiger partial charge in [0.1, 0.15) is 11.6 Å². The van der Waals surface area contributed by atoms with Crippen LogP contribution in [0.3, 0.4) is 0 Å². The molecule has 0 unspecified atom stereocenters. The molecule has 8 heteroatoms. The van der Waals surface area contributed by atoms with Gasteiger partial charge < -0.3 is 10.1 Å². The van der Waals surface area contributed by atoms with E-state index in [4.69, 9.17) is 0 Å². The van der Waals surface area contributed by atoms with Crippen LogP contribution in [-0.2, 0) is 5.75 Å². The predicted molar refractivity (Wildman–Crippen MR) is 88.0 cm³/mol. The number of thioether (sulfide) groups is 1. The van der Waals surface area contributed by atoms with Crippen molar-refractivity contribution in [2.24, 2.45) is 0 Å². The monoisotopic (exact) mass is 373 g/mol. The van der Waals surface area contributed by atoms with Crippen LogP contribution in [0.2, 0.25) is 0 Å². The van der Waals surface area contributed by atoms with E-state index in [1.165, 1.54) is 24.3 Å². The molecule has 0 bridgehead atoms. The Labute approximate surface area is 146 Å². The molecule has 134 valence electrons. The maximum absolute atomic E-state index is 12.8. The standard InChI is InChI=1S/C17H15F4NO2S/c18-14-6-4-12(5-7-14)11-25-9-8-22-16(23)13-2-1-3-15(10-13)24-17(19,20)21/h1-7,10H,8-9,11H2,(H,22,23). The molecule has 0 fully saturated rings. The number of hydrogen-bond acceptors (Lipinski definition) is 3. The zero-order valence-corrected chi connectivity index (χ0v) is 13.8. The average molecular weight is 373 g/mol. The number of amides is 1. The molecule has 0 radical (unpaired) electrons. The summed E-state index contributed by atoms with van der Waals surface area (Å²) >= 11 is 1.55. The van der Waals surface area contributed by atoms with Gasteiger partial charge in [0.05, 0.1) is 0 Å². The smallest absolute Gasteiger partial charge is 0.406 e. The first-order chi connectivity index (χ1) is 11.8. The molecule has 0 aliphatic carbocycles. The zero-order chi connectivity index (χ0) is 18.3. The molecule has 2 aromatic carbocycles. The lowest BCUT2D eigenvalue weighted by atomic mass is 10.2. The Balaban J connectivity index is 1.74. The molecule has 0 spiro atoms. The van der Waals surface area contributed by atoms with Crippen molar-refractivity contribution in [2.75, 3.05) is 12.3 Å². The van der Waals surface area contributed by atoms with E-state index in [-0.39, 0.29) is 11.4 Å². The van der Waals surface area contributed by atoms with Gasteiger partial charge in [-0.1, -0.05) is 18.2 Å². The van der Waals surface area contributed by atoms with Gasteiger partial charge in [0.2, 0.25) is 0 Å². The second-order valence-electron chi connectivity index (χ2n) is 5.01. The van der Waals surface area contributed by atoms with E-state index in [0.29, 0.717) is 18.1 Å². The second-order valence-corrected chi connectivity index (χ2v) is 6.12. The van der Waals surface area contributed by atoms with Crippen molar-refractivity contribution >= 4 is 17.7 Å². The Morgan fingerprint density at radius 1 is 1.12 bits per heavy atom. The minimum Gasteiger partial charge on any atom is -0.406 e. The number of benzene rings is 2. The highest BCUT2D eigenvalue weighted by Gasteiger charge is 2.31. The summed E-state index contributed by atoms with van der Waals surface area (Å²) in [5, 5.41) is 2.63. The molecule has 2 rings (SSSR count). The normalized spacial score (nSPS) is 11.2. The molecule has 0 saturated carbocycles. The van der Waals surface area contributed by atoms with Crippen LogP contribution in [0, 0.1) is 5.82 Å². The summed E-state index contributed by atoms with van der Waals surface area (Å²) in [5.74, 6) is 0.0750. The average Bonchev–Trinajstić information content (AvgIpc) is 2.55. The number of hydrogen-bond donors (Lipinski definition) is 1. The molecule has 25 heavy (non-hydrogen) atoms. The molecule has 1 amide bonds. The van der Waals surface area contributed by atoms with Crippen LogP contribution >= 0.6 is 11.8 Å². The molecular weight excluding hydrogens is 358 g/mol. The van der Waals surface area contributed by atoms with Crippen molar-refractivity contribution in [3.8, 4) is 5.75 Å². The first kappa shape index (κ1) is 19.1. The van der Waals surface area contributed by atoms with Gasteiger partial charge in [-0.2, -0.15) is 11.8 Å². The van der Waals surface area contributed by atoms with E-state index in [1.807, 2.05) is 0 Å². The van der Waals surface area contributed by atoms with Gasteiger partial charge in [-0.25, -0.2) is 4.39 Å². The molecule has 0 atom stereocenters. The second kappa shape index (κ2) is 8.75. The molecule has 3 nitrogen and oxygen atoms in total. The Morgan fingerprint density at radius 2 is 1.84 bits per heavy atom. The molecule has 0 aromatic heterocycles. The molecule has 1 N–H and O–H groups in total. The van der Waals surface area contributed by atoms with Crippen LogP contribution in [0.25, 0.3) is 0 Å². The topological polar surface area (TPSA) is 38.3 Å². The summed E-state index contributed by atoms with van der Waals surface area (Å²) in [6.07, 6.45) is -4.80. The first-order valence-corrected chi connectivity index (χ1v) is 8.45. The van der Waals surface area contributed by atoms with Crippen molar-refractivity contribution in [3.05, 3.63) is 65.5 Å². The lowest BCUT2D eigenvalue weighted by molar-refractivity contribution is -0.274. The van der Waals surface area contributed by atoms with E-state index in [9.17, 15) is 22.4 Å². The number of rotatable bonds is 7.